The zero-order chi connectivity index (χ0) is 45.7. The summed E-state index contributed by atoms with van der Waals surface area (Å²) in [5.74, 6) is 0.603. The van der Waals surface area contributed by atoms with Crippen molar-refractivity contribution in [3.8, 4) is 11.5 Å². The van der Waals surface area contributed by atoms with Gasteiger partial charge in [-0.2, -0.15) is 0 Å². The molecule has 0 amide bonds. The molecule has 0 aliphatic rings. The molecule has 0 spiro atoms. The summed E-state index contributed by atoms with van der Waals surface area (Å²) in [6, 6.07) is 89.4. The van der Waals surface area contributed by atoms with Crippen LogP contribution in [0.3, 0.4) is 0 Å². The van der Waals surface area contributed by atoms with Gasteiger partial charge in [0.15, 0.2) is 5.58 Å². The Morgan fingerprint density at radius 3 is 1.45 bits per heavy atom. The largest absolute Gasteiger partial charge is 0.456 e. The van der Waals surface area contributed by atoms with Crippen molar-refractivity contribution < 1.29 is 8.83 Å². The second-order valence-electron chi connectivity index (χ2n) is 17.2. The molecule has 0 aliphatic heterocycles. The van der Waals surface area contributed by atoms with Crippen LogP contribution in [0, 0.1) is 0 Å². The lowest BCUT2D eigenvalue weighted by Crippen LogP contribution is -2.14. The van der Waals surface area contributed by atoms with E-state index < -0.39 is 0 Å². The molecule has 0 bridgehead atoms. The van der Waals surface area contributed by atoms with Crippen LogP contribution in [0.5, 0.6) is 0 Å². The summed E-state index contributed by atoms with van der Waals surface area (Å²) >= 11 is 0. The van der Waals surface area contributed by atoms with E-state index in [1.165, 1.54) is 0 Å². The summed E-state index contributed by atoms with van der Waals surface area (Å²) in [5, 5.41) is 6.39. The minimum absolute atomic E-state index is 0.603. The molecular formula is C63H42N4O2. The molecule has 6 nitrogen and oxygen atoms in total. The highest BCUT2D eigenvalue weighted by Crippen LogP contribution is 2.47. The van der Waals surface area contributed by atoms with Gasteiger partial charge in [0.25, 0.3) is 0 Å². The second kappa shape index (κ2) is 16.8. The summed E-state index contributed by atoms with van der Waals surface area (Å²) in [6.45, 7) is 0. The highest BCUT2D eigenvalue weighted by atomic mass is 16.3. The minimum atomic E-state index is 0.603. The first-order chi connectivity index (χ1) is 34.2. The zero-order valence-corrected chi connectivity index (χ0v) is 37.4. The fourth-order valence-electron chi connectivity index (χ4n) is 9.89. The third kappa shape index (κ3) is 7.10. The van der Waals surface area contributed by atoms with Crippen molar-refractivity contribution in [2.45, 2.75) is 0 Å². The van der Waals surface area contributed by atoms with Gasteiger partial charge in [-0.15, -0.1) is 0 Å². The second-order valence-corrected chi connectivity index (χ2v) is 17.2. The molecule has 0 aliphatic carbocycles. The van der Waals surface area contributed by atoms with Crippen LogP contribution in [0.4, 0.5) is 51.2 Å². The lowest BCUT2D eigenvalue weighted by atomic mass is 9.99. The fourth-order valence-corrected chi connectivity index (χ4v) is 9.89. The van der Waals surface area contributed by atoms with Gasteiger partial charge in [-0.3, -0.25) is 0 Å². The van der Waals surface area contributed by atoms with Gasteiger partial charge in [0.2, 0.25) is 5.89 Å². The van der Waals surface area contributed by atoms with E-state index in [4.69, 9.17) is 13.8 Å². The summed E-state index contributed by atoms with van der Waals surface area (Å²) in [4.78, 5) is 12.0. The van der Waals surface area contributed by atoms with Crippen LogP contribution in [0.2, 0.25) is 0 Å². The first kappa shape index (κ1) is 39.9. The maximum atomic E-state index is 6.68. The Morgan fingerprint density at radius 2 is 0.797 bits per heavy atom. The average Bonchev–Trinajstić information content (AvgIpc) is 4.03. The van der Waals surface area contributed by atoms with Crippen LogP contribution in [0.1, 0.15) is 0 Å². The number of nitrogens with zero attached hydrogens (tertiary/aromatic N) is 4. The van der Waals surface area contributed by atoms with Crippen LogP contribution in [0.15, 0.2) is 264 Å². The predicted molar refractivity (Wildman–Crippen MR) is 286 cm³/mol. The molecule has 2 aromatic heterocycles. The number of oxazole rings is 1. The van der Waals surface area contributed by atoms with Gasteiger partial charge in [0.05, 0.1) is 5.69 Å². The first-order valence-electron chi connectivity index (χ1n) is 23.2. The minimum Gasteiger partial charge on any atom is -0.456 e. The maximum absolute atomic E-state index is 6.68. The molecular weight excluding hydrogens is 845 g/mol. The number of anilines is 9. The molecule has 0 atom stereocenters. The monoisotopic (exact) mass is 886 g/mol. The Balaban J connectivity index is 1.01. The van der Waals surface area contributed by atoms with E-state index in [0.717, 1.165) is 111 Å². The van der Waals surface area contributed by atoms with Gasteiger partial charge in [-0.05, 0) is 132 Å². The van der Waals surface area contributed by atoms with Crippen molar-refractivity contribution in [2.24, 2.45) is 0 Å². The SMILES string of the molecule is c1ccc(-c2nc3ccc4ccc5c(N(c6cccc(N(c7ccccc7)c7cccc(N(c8ccccc8)c8ccccc8)c7)c6)c6ccc7oc8ccccc8c7c6)cccc5c4c3o2)cc1. The molecule has 0 saturated carbocycles. The van der Waals surface area contributed by atoms with Gasteiger partial charge in [-0.1, -0.05) is 133 Å². The van der Waals surface area contributed by atoms with Crippen molar-refractivity contribution >= 4 is 106 Å². The van der Waals surface area contributed by atoms with Crippen molar-refractivity contribution in [3.63, 3.8) is 0 Å². The molecule has 326 valence electrons. The Morgan fingerprint density at radius 1 is 0.304 bits per heavy atom. The third-order valence-corrected chi connectivity index (χ3v) is 13.0. The number of rotatable bonds is 10. The summed E-state index contributed by atoms with van der Waals surface area (Å²) < 4.78 is 13.1. The van der Waals surface area contributed by atoms with E-state index in [-0.39, 0.29) is 0 Å². The van der Waals surface area contributed by atoms with Crippen LogP contribution in [-0.4, -0.2) is 4.98 Å². The topological polar surface area (TPSA) is 48.9 Å². The molecule has 13 rings (SSSR count). The lowest BCUT2D eigenvalue weighted by molar-refractivity contribution is 0.623. The van der Waals surface area contributed by atoms with Crippen molar-refractivity contribution in [2.75, 3.05) is 14.7 Å². The number of hydrogen-bond donors (Lipinski definition) is 0. The van der Waals surface area contributed by atoms with E-state index in [1.54, 1.807) is 0 Å². The normalized spacial score (nSPS) is 11.5. The number of furan rings is 1. The van der Waals surface area contributed by atoms with Gasteiger partial charge >= 0.3 is 0 Å². The highest BCUT2D eigenvalue weighted by Gasteiger charge is 2.23. The Hall–Kier alpha value is -9.39. The maximum Gasteiger partial charge on any atom is 0.227 e. The fraction of sp³-hybridized carbons (Fsp3) is 0. The van der Waals surface area contributed by atoms with Gasteiger partial charge in [0.1, 0.15) is 16.7 Å². The number of benzene rings is 11. The van der Waals surface area contributed by atoms with E-state index in [2.05, 4.69) is 227 Å². The third-order valence-electron chi connectivity index (χ3n) is 13.0. The molecule has 13 aromatic rings. The van der Waals surface area contributed by atoms with E-state index >= 15 is 0 Å². The van der Waals surface area contributed by atoms with Gasteiger partial charge < -0.3 is 23.5 Å². The molecule has 11 aromatic carbocycles. The average molecular weight is 887 g/mol. The van der Waals surface area contributed by atoms with Gasteiger partial charge in [0, 0.05) is 72.6 Å². The van der Waals surface area contributed by atoms with E-state index in [9.17, 15) is 0 Å². The number of fused-ring (bicyclic) bond motifs is 8. The zero-order valence-electron chi connectivity index (χ0n) is 37.4. The predicted octanol–water partition coefficient (Wildman–Crippen LogP) is 18.1. The standard InChI is InChI=1S/C63H42N4O2/c1-5-18-44(19-6-1)63-64-57-38-35-43-34-37-53-55(61(43)62(57)69-63)31-17-32-58(53)67(52-36-39-60-56(42-52)54-30-13-14-33-59(54)68-60)51-29-16-28-50(41-51)66(47-24-11-4-12-25-47)49-27-15-26-48(40-49)65(45-20-7-2-8-21-45)46-22-9-3-10-23-46/h1-42H. The van der Waals surface area contributed by atoms with E-state index in [0.29, 0.717) is 5.89 Å². The molecule has 6 heteroatoms. The Bertz CT molecular complexity index is 3940. The molecule has 2 heterocycles. The summed E-state index contributed by atoms with van der Waals surface area (Å²) in [6.07, 6.45) is 0. The molecule has 0 N–H and O–H groups in total. The molecule has 0 saturated heterocycles. The summed E-state index contributed by atoms with van der Waals surface area (Å²) in [5.41, 5.74) is 13.5. The molecule has 69 heavy (non-hydrogen) atoms. The van der Waals surface area contributed by atoms with Crippen LogP contribution < -0.4 is 14.7 Å². The molecule has 0 radical (unpaired) electrons. The number of hydrogen-bond acceptors (Lipinski definition) is 6. The molecule has 0 fully saturated rings. The van der Waals surface area contributed by atoms with Crippen LogP contribution in [-0.2, 0) is 0 Å². The Kier molecular flexibility index (Phi) is 9.72. The van der Waals surface area contributed by atoms with E-state index in [1.807, 2.05) is 42.5 Å². The lowest BCUT2D eigenvalue weighted by Gasteiger charge is -2.31. The van der Waals surface area contributed by atoms with Crippen molar-refractivity contribution in [3.05, 3.63) is 255 Å². The number of aromatic nitrogens is 1. The first-order valence-corrected chi connectivity index (χ1v) is 23.2. The number of para-hydroxylation sites is 4. The smallest absolute Gasteiger partial charge is 0.227 e. The quantitative estimate of drug-likeness (QED) is 0.128. The molecule has 0 unspecified atom stereocenters. The highest BCUT2D eigenvalue weighted by molar-refractivity contribution is 6.21. The van der Waals surface area contributed by atoms with Crippen molar-refractivity contribution in [1.82, 2.24) is 4.98 Å². The van der Waals surface area contributed by atoms with Crippen molar-refractivity contribution in [1.29, 1.82) is 0 Å². The summed E-state index contributed by atoms with van der Waals surface area (Å²) in [7, 11) is 0. The Labute approximate surface area is 398 Å². The van der Waals surface area contributed by atoms with Crippen LogP contribution >= 0.6 is 0 Å². The van der Waals surface area contributed by atoms with Gasteiger partial charge in [-0.25, -0.2) is 4.98 Å². The van der Waals surface area contributed by atoms with Crippen LogP contribution in [0.25, 0.3) is 66.0 Å².